The quantitative estimate of drug-likeness (QED) is 0.781. The molecular formula is C11H11BrINO. The number of nitrogens with one attached hydrogen (secondary N) is 1. The molecule has 0 radical (unpaired) electrons. The molecule has 0 saturated heterocycles. The van der Waals surface area contributed by atoms with Crippen LogP contribution in [0.2, 0.25) is 0 Å². The monoisotopic (exact) mass is 379 g/mol. The van der Waals surface area contributed by atoms with Gasteiger partial charge in [-0.15, -0.1) is 0 Å². The molecule has 80 valence electrons. The summed E-state index contributed by atoms with van der Waals surface area (Å²) >= 11 is 5.62. The molecule has 1 aliphatic rings. The Kier molecular flexibility index (Phi) is 3.35. The lowest BCUT2D eigenvalue weighted by molar-refractivity contribution is -0.117. The summed E-state index contributed by atoms with van der Waals surface area (Å²) in [5, 5.41) is 2.97. The van der Waals surface area contributed by atoms with E-state index in [1.165, 1.54) is 0 Å². The van der Waals surface area contributed by atoms with Gasteiger partial charge in [-0.05, 0) is 53.1 Å². The van der Waals surface area contributed by atoms with Gasteiger partial charge in [0.25, 0.3) is 0 Å². The van der Waals surface area contributed by atoms with Gasteiger partial charge in [0.2, 0.25) is 5.91 Å². The second-order valence-corrected chi connectivity index (χ2v) is 6.01. The lowest BCUT2D eigenvalue weighted by atomic mass is 10.3. The molecule has 15 heavy (non-hydrogen) atoms. The van der Waals surface area contributed by atoms with Gasteiger partial charge >= 0.3 is 0 Å². The summed E-state index contributed by atoms with van der Waals surface area (Å²) in [6, 6.07) is 5.89. The number of rotatable bonds is 2. The van der Waals surface area contributed by atoms with E-state index in [0.29, 0.717) is 5.92 Å². The number of benzene rings is 1. The third-order valence-electron chi connectivity index (χ3n) is 2.63. The van der Waals surface area contributed by atoms with Crippen molar-refractivity contribution in [1.29, 1.82) is 0 Å². The maximum atomic E-state index is 11.7. The van der Waals surface area contributed by atoms with Crippen LogP contribution in [-0.2, 0) is 4.79 Å². The first kappa shape index (κ1) is 11.4. The Morgan fingerprint density at radius 3 is 2.87 bits per heavy atom. The van der Waals surface area contributed by atoms with Gasteiger partial charge in [0.1, 0.15) is 0 Å². The number of carbonyl (C=O) groups excluding carboxylic acids is 1. The molecule has 0 spiro atoms. The first-order chi connectivity index (χ1) is 7.08. The maximum Gasteiger partial charge on any atom is 0.227 e. The summed E-state index contributed by atoms with van der Waals surface area (Å²) in [7, 11) is 0. The fraction of sp³-hybridized carbons (Fsp3) is 0.364. The van der Waals surface area contributed by atoms with E-state index in [1.54, 1.807) is 0 Å². The second kappa shape index (κ2) is 4.41. The van der Waals surface area contributed by atoms with Crippen LogP contribution in [0.25, 0.3) is 0 Å². The number of amides is 1. The smallest absolute Gasteiger partial charge is 0.227 e. The van der Waals surface area contributed by atoms with Crippen molar-refractivity contribution < 1.29 is 4.79 Å². The largest absolute Gasteiger partial charge is 0.325 e. The zero-order valence-electron chi connectivity index (χ0n) is 8.26. The molecule has 1 saturated carbocycles. The summed E-state index contributed by atoms with van der Waals surface area (Å²) in [4.78, 5) is 11.7. The lowest BCUT2D eigenvalue weighted by Crippen LogP contribution is -2.15. The molecule has 1 aliphatic carbocycles. The molecule has 0 aromatic heterocycles. The Bertz CT molecular complexity index is 408. The summed E-state index contributed by atoms with van der Waals surface area (Å²) in [5.41, 5.74) is 0.897. The van der Waals surface area contributed by atoms with Gasteiger partial charge in [-0.3, -0.25) is 4.79 Å². The van der Waals surface area contributed by atoms with Crippen molar-refractivity contribution in [3.8, 4) is 0 Å². The summed E-state index contributed by atoms with van der Waals surface area (Å²) < 4.78 is 2.06. The molecule has 1 aromatic rings. The average Bonchev–Trinajstić information content (AvgIpc) is 2.89. The molecule has 1 amide bonds. The van der Waals surface area contributed by atoms with Gasteiger partial charge in [0.15, 0.2) is 0 Å². The highest BCUT2D eigenvalue weighted by molar-refractivity contribution is 14.1. The highest BCUT2D eigenvalue weighted by atomic mass is 127. The fourth-order valence-electron chi connectivity index (χ4n) is 1.51. The normalized spacial score (nSPS) is 23.7. The lowest BCUT2D eigenvalue weighted by Gasteiger charge is -2.07. The van der Waals surface area contributed by atoms with Crippen LogP contribution in [0, 0.1) is 15.4 Å². The van der Waals surface area contributed by atoms with E-state index in [1.807, 2.05) is 18.2 Å². The second-order valence-electron chi connectivity index (χ2n) is 3.93. The van der Waals surface area contributed by atoms with E-state index in [4.69, 9.17) is 0 Å². The molecule has 2 rings (SSSR count). The number of anilines is 1. The van der Waals surface area contributed by atoms with Crippen LogP contribution in [0.15, 0.2) is 22.7 Å². The van der Waals surface area contributed by atoms with Crippen LogP contribution in [0.5, 0.6) is 0 Å². The summed E-state index contributed by atoms with van der Waals surface area (Å²) in [6.07, 6.45) is 1.02. The predicted molar refractivity (Wildman–Crippen MR) is 72.8 cm³/mol. The third-order valence-corrected chi connectivity index (χ3v) is 4.07. The zero-order valence-corrected chi connectivity index (χ0v) is 12.0. The van der Waals surface area contributed by atoms with Crippen LogP contribution in [-0.4, -0.2) is 5.91 Å². The number of hydrogen-bond donors (Lipinski definition) is 1. The predicted octanol–water partition coefficient (Wildman–Crippen LogP) is 3.65. The van der Waals surface area contributed by atoms with Crippen LogP contribution in [0.3, 0.4) is 0 Å². The van der Waals surface area contributed by atoms with Crippen LogP contribution >= 0.6 is 38.5 Å². The van der Waals surface area contributed by atoms with Crippen LogP contribution < -0.4 is 5.32 Å². The van der Waals surface area contributed by atoms with Crippen LogP contribution in [0.4, 0.5) is 5.69 Å². The molecule has 2 unspecified atom stereocenters. The van der Waals surface area contributed by atoms with Gasteiger partial charge in [0, 0.05) is 14.0 Å². The maximum absolute atomic E-state index is 11.7. The Labute approximate surface area is 111 Å². The molecule has 4 heteroatoms. The van der Waals surface area contributed by atoms with Gasteiger partial charge in [0.05, 0.1) is 5.69 Å². The number of hydrogen-bond acceptors (Lipinski definition) is 1. The Balaban J connectivity index is 2.10. The number of halogens is 2. The molecule has 1 N–H and O–H groups in total. The summed E-state index contributed by atoms with van der Waals surface area (Å²) in [5.74, 6) is 0.924. The van der Waals surface area contributed by atoms with Crippen molar-refractivity contribution in [2.45, 2.75) is 13.3 Å². The van der Waals surface area contributed by atoms with Crippen LogP contribution in [0.1, 0.15) is 13.3 Å². The van der Waals surface area contributed by atoms with Gasteiger partial charge in [-0.25, -0.2) is 0 Å². The standard InChI is InChI=1S/C11H11BrINO/c1-6-4-8(6)11(15)14-10-5-7(12)2-3-9(10)13/h2-3,5-6,8H,4H2,1H3,(H,14,15). The highest BCUT2D eigenvalue weighted by Crippen LogP contribution is 2.38. The van der Waals surface area contributed by atoms with Crippen molar-refractivity contribution in [2.75, 3.05) is 5.32 Å². The fourth-order valence-corrected chi connectivity index (χ4v) is 2.34. The molecular weight excluding hydrogens is 369 g/mol. The molecule has 2 nitrogen and oxygen atoms in total. The van der Waals surface area contributed by atoms with Crippen molar-refractivity contribution in [2.24, 2.45) is 11.8 Å². The highest BCUT2D eigenvalue weighted by Gasteiger charge is 2.39. The zero-order chi connectivity index (χ0) is 11.0. The van der Waals surface area contributed by atoms with E-state index in [-0.39, 0.29) is 11.8 Å². The Hall–Kier alpha value is -0.100. The number of carbonyl (C=O) groups is 1. The van der Waals surface area contributed by atoms with E-state index in [0.717, 1.165) is 20.2 Å². The minimum atomic E-state index is 0.151. The summed E-state index contributed by atoms with van der Waals surface area (Å²) in [6.45, 7) is 2.11. The molecule has 0 heterocycles. The van der Waals surface area contributed by atoms with Gasteiger partial charge in [-0.2, -0.15) is 0 Å². The van der Waals surface area contributed by atoms with E-state index in [2.05, 4.69) is 50.8 Å². The van der Waals surface area contributed by atoms with E-state index < -0.39 is 0 Å². The average molecular weight is 380 g/mol. The van der Waals surface area contributed by atoms with Crippen molar-refractivity contribution >= 4 is 50.1 Å². The first-order valence-electron chi connectivity index (χ1n) is 4.84. The van der Waals surface area contributed by atoms with E-state index >= 15 is 0 Å². The van der Waals surface area contributed by atoms with Gasteiger partial charge in [-0.1, -0.05) is 22.9 Å². The SMILES string of the molecule is CC1CC1C(=O)Nc1cc(Br)ccc1I. The van der Waals surface area contributed by atoms with E-state index in [9.17, 15) is 4.79 Å². The van der Waals surface area contributed by atoms with Crippen molar-refractivity contribution in [3.05, 3.63) is 26.2 Å². The molecule has 2 atom stereocenters. The molecule has 0 bridgehead atoms. The Morgan fingerprint density at radius 2 is 2.27 bits per heavy atom. The third kappa shape index (κ3) is 2.72. The minimum Gasteiger partial charge on any atom is -0.325 e. The first-order valence-corrected chi connectivity index (χ1v) is 6.71. The van der Waals surface area contributed by atoms with Crippen molar-refractivity contribution in [1.82, 2.24) is 0 Å². The molecule has 1 aromatic carbocycles. The topological polar surface area (TPSA) is 29.1 Å². The Morgan fingerprint density at radius 1 is 1.60 bits per heavy atom. The molecule has 0 aliphatic heterocycles. The van der Waals surface area contributed by atoms with Gasteiger partial charge < -0.3 is 5.32 Å². The molecule has 1 fully saturated rings. The minimum absolute atomic E-state index is 0.151. The van der Waals surface area contributed by atoms with Crippen molar-refractivity contribution in [3.63, 3.8) is 0 Å².